The van der Waals surface area contributed by atoms with Gasteiger partial charge in [-0.2, -0.15) is 10.2 Å². The van der Waals surface area contributed by atoms with Crippen LogP contribution >= 0.6 is 11.6 Å². The summed E-state index contributed by atoms with van der Waals surface area (Å²) in [5.74, 6) is 0.652. The summed E-state index contributed by atoms with van der Waals surface area (Å²) < 4.78 is 15.6. The van der Waals surface area contributed by atoms with Crippen molar-refractivity contribution in [2.24, 2.45) is 0 Å². The van der Waals surface area contributed by atoms with Crippen LogP contribution in [0.3, 0.4) is 0 Å². The lowest BCUT2D eigenvalue weighted by Crippen LogP contribution is -2.11. The van der Waals surface area contributed by atoms with E-state index < -0.39 is 5.82 Å². The minimum atomic E-state index is -0.445. The lowest BCUT2D eigenvalue weighted by atomic mass is 10.1. The number of H-pyrrole nitrogens is 1. The summed E-state index contributed by atoms with van der Waals surface area (Å²) in [5.41, 5.74) is 1.26. The van der Waals surface area contributed by atoms with Crippen molar-refractivity contribution in [2.75, 3.05) is 0 Å². The average Bonchev–Trinajstić information content (AvgIpc) is 3.13. The van der Waals surface area contributed by atoms with E-state index in [9.17, 15) is 4.39 Å². The minimum Gasteiger partial charge on any atom is -0.272 e. The molecule has 0 fully saturated rings. The van der Waals surface area contributed by atoms with E-state index in [0.717, 1.165) is 11.8 Å². The maximum absolute atomic E-state index is 13.9. The lowest BCUT2D eigenvalue weighted by Gasteiger charge is -2.14. The second kappa shape index (κ2) is 5.88. The summed E-state index contributed by atoms with van der Waals surface area (Å²) in [6.07, 6.45) is 1.80. The summed E-state index contributed by atoms with van der Waals surface area (Å²) in [4.78, 5) is 4.41. The monoisotopic (exact) mass is 319 g/mol. The quantitative estimate of drug-likeness (QED) is 0.798. The molecule has 0 aliphatic heterocycles. The van der Waals surface area contributed by atoms with Gasteiger partial charge in [0.1, 0.15) is 5.69 Å². The summed E-state index contributed by atoms with van der Waals surface area (Å²) >= 11 is 5.92. The Morgan fingerprint density at radius 1 is 1.32 bits per heavy atom. The van der Waals surface area contributed by atoms with Crippen LogP contribution in [-0.2, 0) is 6.42 Å². The Balaban J connectivity index is 2.08. The predicted octanol–water partition coefficient (Wildman–Crippen LogP) is 3.63. The molecule has 2 heterocycles. The van der Waals surface area contributed by atoms with Gasteiger partial charge in [-0.15, -0.1) is 0 Å². The lowest BCUT2D eigenvalue weighted by molar-refractivity contribution is 0.558. The molecule has 1 atom stereocenters. The zero-order chi connectivity index (χ0) is 15.7. The maximum atomic E-state index is 13.9. The van der Waals surface area contributed by atoms with Gasteiger partial charge in [0.2, 0.25) is 0 Å². The van der Waals surface area contributed by atoms with Crippen LogP contribution in [0.25, 0.3) is 11.5 Å². The van der Waals surface area contributed by atoms with E-state index in [2.05, 4.69) is 20.3 Å². The topological polar surface area (TPSA) is 59.4 Å². The van der Waals surface area contributed by atoms with Crippen LogP contribution in [-0.4, -0.2) is 25.0 Å². The number of nitrogens with one attached hydrogen (secondary N) is 1. The molecule has 0 radical (unpaired) electrons. The predicted molar refractivity (Wildman–Crippen MR) is 82.2 cm³/mol. The summed E-state index contributed by atoms with van der Waals surface area (Å²) in [6, 6.07) is 7.38. The SMILES string of the molecule is CCc1nc(-c2[nH]ncc2F)n(C(C)c2ccc(Cl)cc2)n1. The van der Waals surface area contributed by atoms with Gasteiger partial charge in [0.15, 0.2) is 17.5 Å². The Hall–Kier alpha value is -2.21. The molecule has 0 spiro atoms. The third-order valence-corrected chi connectivity index (χ3v) is 3.78. The van der Waals surface area contributed by atoms with Crippen LogP contribution in [0.2, 0.25) is 5.02 Å². The Bertz CT molecular complexity index is 778. The van der Waals surface area contributed by atoms with E-state index in [4.69, 9.17) is 11.6 Å². The van der Waals surface area contributed by atoms with Crippen molar-refractivity contribution in [1.29, 1.82) is 0 Å². The Labute approximate surface area is 132 Å². The fourth-order valence-corrected chi connectivity index (χ4v) is 2.39. The van der Waals surface area contributed by atoms with Gasteiger partial charge in [0.05, 0.1) is 12.2 Å². The molecule has 7 heteroatoms. The van der Waals surface area contributed by atoms with Crippen LogP contribution in [0.15, 0.2) is 30.5 Å². The third kappa shape index (κ3) is 2.62. The molecular formula is C15H15ClFN5. The van der Waals surface area contributed by atoms with Gasteiger partial charge in [0, 0.05) is 11.4 Å². The standard InChI is InChI=1S/C15H15ClFN5/c1-3-13-19-15(14-12(17)8-18-20-14)22(21-13)9(2)10-4-6-11(16)7-5-10/h4-9H,3H2,1-2H3,(H,18,20). The van der Waals surface area contributed by atoms with Crippen molar-refractivity contribution in [2.45, 2.75) is 26.3 Å². The van der Waals surface area contributed by atoms with E-state index in [1.807, 2.05) is 38.1 Å². The second-order valence-corrected chi connectivity index (χ2v) is 5.41. The van der Waals surface area contributed by atoms with Crippen molar-refractivity contribution in [3.05, 3.63) is 52.7 Å². The first-order valence-electron chi connectivity index (χ1n) is 7.00. The highest BCUT2D eigenvalue weighted by atomic mass is 35.5. The van der Waals surface area contributed by atoms with Gasteiger partial charge in [-0.3, -0.25) is 5.10 Å². The maximum Gasteiger partial charge on any atom is 0.180 e. The van der Waals surface area contributed by atoms with Crippen LogP contribution in [0.1, 0.15) is 31.3 Å². The molecule has 0 bridgehead atoms. The minimum absolute atomic E-state index is 0.109. The van der Waals surface area contributed by atoms with Gasteiger partial charge < -0.3 is 0 Å². The molecule has 0 aliphatic carbocycles. The summed E-state index contributed by atoms with van der Waals surface area (Å²) in [5, 5.41) is 11.5. The first-order chi connectivity index (χ1) is 10.6. The number of rotatable bonds is 4. The number of aryl methyl sites for hydroxylation is 1. The molecule has 0 saturated carbocycles. The smallest absolute Gasteiger partial charge is 0.180 e. The fourth-order valence-electron chi connectivity index (χ4n) is 2.27. The molecule has 3 rings (SSSR count). The van der Waals surface area contributed by atoms with E-state index in [-0.39, 0.29) is 11.7 Å². The molecule has 0 amide bonds. The van der Waals surface area contributed by atoms with Gasteiger partial charge in [-0.25, -0.2) is 14.1 Å². The third-order valence-electron chi connectivity index (χ3n) is 3.53. The molecule has 1 N–H and O–H groups in total. The number of hydrogen-bond donors (Lipinski definition) is 1. The normalized spacial score (nSPS) is 12.5. The summed E-state index contributed by atoms with van der Waals surface area (Å²) in [6.45, 7) is 3.94. The van der Waals surface area contributed by atoms with Crippen LogP contribution in [0, 0.1) is 5.82 Å². The number of hydrogen-bond acceptors (Lipinski definition) is 3. The van der Waals surface area contributed by atoms with Crippen molar-refractivity contribution in [3.63, 3.8) is 0 Å². The second-order valence-electron chi connectivity index (χ2n) is 4.97. The molecule has 0 aliphatic rings. The first kappa shape index (κ1) is 14.7. The molecule has 0 saturated heterocycles. The summed E-state index contributed by atoms with van der Waals surface area (Å²) in [7, 11) is 0. The molecular weight excluding hydrogens is 305 g/mol. The highest BCUT2D eigenvalue weighted by Crippen LogP contribution is 2.26. The van der Waals surface area contributed by atoms with Crippen LogP contribution in [0.5, 0.6) is 0 Å². The largest absolute Gasteiger partial charge is 0.272 e. The molecule has 5 nitrogen and oxygen atoms in total. The molecule has 2 aromatic heterocycles. The number of halogens is 2. The molecule has 1 aromatic carbocycles. The van der Waals surface area contributed by atoms with Crippen molar-refractivity contribution in [3.8, 4) is 11.5 Å². The number of benzene rings is 1. The van der Waals surface area contributed by atoms with E-state index in [1.54, 1.807) is 4.68 Å². The molecule has 1 unspecified atom stereocenters. The number of nitrogens with zero attached hydrogens (tertiary/aromatic N) is 4. The van der Waals surface area contributed by atoms with Gasteiger partial charge in [-0.1, -0.05) is 30.7 Å². The first-order valence-corrected chi connectivity index (χ1v) is 7.38. The van der Waals surface area contributed by atoms with Crippen molar-refractivity contribution >= 4 is 11.6 Å². The van der Waals surface area contributed by atoms with Gasteiger partial charge >= 0.3 is 0 Å². The van der Waals surface area contributed by atoms with Crippen LogP contribution < -0.4 is 0 Å². The van der Waals surface area contributed by atoms with Gasteiger partial charge in [-0.05, 0) is 24.6 Å². The fraction of sp³-hybridized carbons (Fsp3) is 0.267. The van der Waals surface area contributed by atoms with Crippen molar-refractivity contribution < 1.29 is 4.39 Å². The molecule has 22 heavy (non-hydrogen) atoms. The van der Waals surface area contributed by atoms with E-state index in [1.165, 1.54) is 0 Å². The van der Waals surface area contributed by atoms with Crippen molar-refractivity contribution in [1.82, 2.24) is 25.0 Å². The zero-order valence-electron chi connectivity index (χ0n) is 12.2. The highest BCUT2D eigenvalue weighted by Gasteiger charge is 2.21. The van der Waals surface area contributed by atoms with Gasteiger partial charge in [0.25, 0.3) is 0 Å². The molecule has 3 aromatic rings. The Morgan fingerprint density at radius 2 is 2.05 bits per heavy atom. The molecule has 114 valence electrons. The van der Waals surface area contributed by atoms with Crippen LogP contribution in [0.4, 0.5) is 4.39 Å². The highest BCUT2D eigenvalue weighted by molar-refractivity contribution is 6.30. The zero-order valence-corrected chi connectivity index (χ0v) is 13.0. The Morgan fingerprint density at radius 3 is 2.64 bits per heavy atom. The van der Waals surface area contributed by atoms with E-state index >= 15 is 0 Å². The Kier molecular flexibility index (Phi) is 3.94. The average molecular weight is 320 g/mol. The van der Waals surface area contributed by atoms with E-state index in [0.29, 0.717) is 23.1 Å². The number of aromatic nitrogens is 5. The number of aromatic amines is 1.